The topological polar surface area (TPSA) is 22.1 Å². The first-order valence-corrected chi connectivity index (χ1v) is 4.65. The van der Waals surface area contributed by atoms with Crippen molar-refractivity contribution >= 4 is 24.0 Å². The number of pyridine rings is 1. The summed E-state index contributed by atoms with van der Waals surface area (Å²) in [6.45, 7) is 0.884. The summed E-state index contributed by atoms with van der Waals surface area (Å²) in [5, 5.41) is 0. The molecule has 2 nitrogen and oxygen atoms in total. The van der Waals surface area contributed by atoms with Crippen molar-refractivity contribution in [2.45, 2.75) is 18.7 Å². The van der Waals surface area contributed by atoms with Gasteiger partial charge in [0, 0.05) is 12.3 Å². The van der Waals surface area contributed by atoms with Crippen molar-refractivity contribution in [3.8, 4) is 5.88 Å². The van der Waals surface area contributed by atoms with E-state index in [4.69, 9.17) is 16.3 Å². The fraction of sp³-hybridized carbons (Fsp3) is 0.444. The molecule has 0 amide bonds. The average molecular weight is 276 g/mol. The Morgan fingerprint density at radius 1 is 1.38 bits per heavy atom. The zero-order chi connectivity index (χ0) is 11.5. The van der Waals surface area contributed by atoms with Gasteiger partial charge in [-0.15, -0.1) is 24.0 Å². The molecule has 1 aromatic rings. The minimum Gasteiger partial charge on any atom is -0.460 e. The molecule has 92 valence electrons. The third kappa shape index (κ3) is 3.42. The minimum absolute atomic E-state index is 0. The second kappa shape index (κ2) is 5.59. The van der Waals surface area contributed by atoms with Crippen LogP contribution < -0.4 is 4.74 Å². The Balaban J connectivity index is 0.00000225. The molecule has 1 heterocycles. The highest BCUT2D eigenvalue weighted by Gasteiger charge is 2.53. The van der Waals surface area contributed by atoms with Crippen LogP contribution in [-0.4, -0.2) is 22.6 Å². The third-order valence-corrected chi connectivity index (χ3v) is 2.33. The number of aromatic nitrogens is 1. The summed E-state index contributed by atoms with van der Waals surface area (Å²) in [7, 11) is 0. The maximum Gasteiger partial charge on any atom is 0.429 e. The summed E-state index contributed by atoms with van der Waals surface area (Å²) < 4.78 is 42.4. The van der Waals surface area contributed by atoms with Gasteiger partial charge < -0.3 is 4.74 Å². The zero-order valence-corrected chi connectivity index (χ0v) is 9.86. The van der Waals surface area contributed by atoms with Crippen molar-refractivity contribution in [3.05, 3.63) is 24.4 Å². The molecule has 1 rings (SSSR count). The molecule has 0 saturated carbocycles. The van der Waals surface area contributed by atoms with Gasteiger partial charge in [0.2, 0.25) is 11.5 Å². The van der Waals surface area contributed by atoms with Crippen LogP contribution in [0.25, 0.3) is 0 Å². The standard InChI is InChI=1S/C9H9ClF3NO.ClH/c1-8(6-10,9(11,12)13)15-7-4-2-3-5-14-7;/h2-5H,6H2,1H3;1H. The maximum absolute atomic E-state index is 12.6. The first-order chi connectivity index (χ1) is 6.89. The summed E-state index contributed by atoms with van der Waals surface area (Å²) in [5.41, 5.74) is -2.41. The lowest BCUT2D eigenvalue weighted by Gasteiger charge is -2.29. The maximum atomic E-state index is 12.6. The van der Waals surface area contributed by atoms with Gasteiger partial charge in [0.1, 0.15) is 0 Å². The van der Waals surface area contributed by atoms with Gasteiger partial charge in [0.05, 0.1) is 5.88 Å². The average Bonchev–Trinajstić information content (AvgIpc) is 2.17. The van der Waals surface area contributed by atoms with Crippen molar-refractivity contribution in [2.24, 2.45) is 0 Å². The number of hydrogen-bond donors (Lipinski definition) is 0. The second-order valence-corrected chi connectivity index (χ2v) is 3.40. The predicted molar refractivity (Wildman–Crippen MR) is 57.3 cm³/mol. The molecule has 1 aromatic heterocycles. The van der Waals surface area contributed by atoms with E-state index in [2.05, 4.69) is 4.98 Å². The lowest BCUT2D eigenvalue weighted by Crippen LogP contribution is -2.49. The quantitative estimate of drug-likeness (QED) is 0.789. The summed E-state index contributed by atoms with van der Waals surface area (Å²) in [6, 6.07) is 4.46. The molecule has 0 fully saturated rings. The Bertz CT molecular complexity index is 320. The van der Waals surface area contributed by atoms with Gasteiger partial charge in [-0.3, -0.25) is 0 Å². The summed E-state index contributed by atoms with van der Waals surface area (Å²) in [6.07, 6.45) is -3.19. The molecule has 1 atom stereocenters. The monoisotopic (exact) mass is 275 g/mol. The predicted octanol–water partition coefficient (Wildman–Crippen LogP) is 3.44. The Labute approximate surface area is 102 Å². The van der Waals surface area contributed by atoms with Crippen molar-refractivity contribution in [3.63, 3.8) is 0 Å². The van der Waals surface area contributed by atoms with Crippen LogP contribution in [0, 0.1) is 0 Å². The highest BCUT2D eigenvalue weighted by Crippen LogP contribution is 2.34. The van der Waals surface area contributed by atoms with E-state index in [1.807, 2.05) is 0 Å². The first kappa shape index (κ1) is 15.3. The van der Waals surface area contributed by atoms with Gasteiger partial charge in [-0.05, 0) is 13.0 Å². The van der Waals surface area contributed by atoms with Gasteiger partial charge in [0.15, 0.2) is 0 Å². The zero-order valence-electron chi connectivity index (χ0n) is 8.29. The Morgan fingerprint density at radius 3 is 2.38 bits per heavy atom. The van der Waals surface area contributed by atoms with E-state index in [9.17, 15) is 13.2 Å². The molecule has 0 aliphatic heterocycles. The highest BCUT2D eigenvalue weighted by atomic mass is 35.5. The van der Waals surface area contributed by atoms with Crippen LogP contribution in [-0.2, 0) is 0 Å². The lowest BCUT2D eigenvalue weighted by molar-refractivity contribution is -0.233. The molecule has 0 aliphatic rings. The van der Waals surface area contributed by atoms with Crippen molar-refractivity contribution in [1.82, 2.24) is 4.98 Å². The van der Waals surface area contributed by atoms with Gasteiger partial charge in [0.25, 0.3) is 0 Å². The molecule has 0 N–H and O–H groups in total. The second-order valence-electron chi connectivity index (χ2n) is 3.13. The van der Waals surface area contributed by atoms with Crippen LogP contribution >= 0.6 is 24.0 Å². The van der Waals surface area contributed by atoms with E-state index in [-0.39, 0.29) is 18.3 Å². The van der Waals surface area contributed by atoms with E-state index in [1.54, 1.807) is 6.07 Å². The van der Waals surface area contributed by atoms with Crippen LogP contribution in [0.5, 0.6) is 5.88 Å². The molecular weight excluding hydrogens is 266 g/mol. The number of rotatable bonds is 3. The fourth-order valence-corrected chi connectivity index (χ4v) is 1.01. The lowest BCUT2D eigenvalue weighted by atomic mass is 10.1. The van der Waals surface area contributed by atoms with Crippen LogP contribution in [0.1, 0.15) is 6.92 Å². The number of ether oxygens (including phenoxy) is 1. The summed E-state index contributed by atoms with van der Waals surface area (Å²) in [4.78, 5) is 3.64. The van der Waals surface area contributed by atoms with E-state index < -0.39 is 17.7 Å². The number of halogens is 5. The van der Waals surface area contributed by atoms with Gasteiger partial charge >= 0.3 is 6.18 Å². The SMILES string of the molecule is CC(CCl)(Oc1ccccn1)C(F)(F)F.Cl. The summed E-state index contributed by atoms with van der Waals surface area (Å²) in [5.74, 6) is -0.787. The smallest absolute Gasteiger partial charge is 0.429 e. The largest absolute Gasteiger partial charge is 0.460 e. The van der Waals surface area contributed by atoms with E-state index in [0.717, 1.165) is 6.92 Å². The van der Waals surface area contributed by atoms with Crippen molar-refractivity contribution < 1.29 is 17.9 Å². The number of hydrogen-bond acceptors (Lipinski definition) is 2. The molecule has 1 unspecified atom stereocenters. The molecule has 16 heavy (non-hydrogen) atoms. The molecule has 0 bridgehead atoms. The molecule has 7 heteroatoms. The number of alkyl halides is 4. The van der Waals surface area contributed by atoms with Gasteiger partial charge in [-0.25, -0.2) is 4.98 Å². The Morgan fingerprint density at radius 2 is 2.00 bits per heavy atom. The third-order valence-electron chi connectivity index (χ3n) is 1.82. The number of nitrogens with zero attached hydrogens (tertiary/aromatic N) is 1. The molecule has 0 saturated heterocycles. The van der Waals surface area contributed by atoms with E-state index in [0.29, 0.717) is 0 Å². The van der Waals surface area contributed by atoms with Crippen molar-refractivity contribution in [1.29, 1.82) is 0 Å². The van der Waals surface area contributed by atoms with E-state index >= 15 is 0 Å². The van der Waals surface area contributed by atoms with Crippen LogP contribution in [0.15, 0.2) is 24.4 Å². The molecular formula is C9H10Cl2F3NO. The first-order valence-electron chi connectivity index (χ1n) is 4.12. The molecule has 0 aliphatic carbocycles. The Hall–Kier alpha value is -0.680. The van der Waals surface area contributed by atoms with Gasteiger partial charge in [-0.2, -0.15) is 13.2 Å². The van der Waals surface area contributed by atoms with Crippen LogP contribution in [0.2, 0.25) is 0 Å². The van der Waals surface area contributed by atoms with Crippen LogP contribution in [0.4, 0.5) is 13.2 Å². The highest BCUT2D eigenvalue weighted by molar-refractivity contribution is 6.18. The molecule has 0 radical (unpaired) electrons. The van der Waals surface area contributed by atoms with E-state index in [1.165, 1.54) is 18.3 Å². The minimum atomic E-state index is -4.54. The van der Waals surface area contributed by atoms with Gasteiger partial charge in [-0.1, -0.05) is 6.07 Å². The van der Waals surface area contributed by atoms with Crippen molar-refractivity contribution in [2.75, 3.05) is 5.88 Å². The molecule has 0 aromatic carbocycles. The van der Waals surface area contributed by atoms with Crippen LogP contribution in [0.3, 0.4) is 0 Å². The fourth-order valence-electron chi connectivity index (χ4n) is 0.799. The normalized spacial score (nSPS) is 14.8. The Kier molecular flexibility index (Phi) is 5.35. The molecule has 0 spiro atoms. The summed E-state index contributed by atoms with van der Waals surface area (Å²) >= 11 is 5.27.